The fourth-order valence-electron chi connectivity index (χ4n) is 1.17. The number of hydrogen-bond donors (Lipinski definition) is 2. The molecular formula is C11H13N3O4. The molecule has 0 aliphatic carbocycles. The quantitative estimate of drug-likeness (QED) is 0.354. The number of carbonyl (C=O) groups is 2. The van der Waals surface area contributed by atoms with Crippen molar-refractivity contribution in [3.63, 3.8) is 0 Å². The van der Waals surface area contributed by atoms with E-state index < -0.39 is 12.0 Å². The first-order valence-electron chi connectivity index (χ1n) is 4.98. The molecule has 1 aromatic carbocycles. The molecular weight excluding hydrogens is 238 g/mol. The van der Waals surface area contributed by atoms with E-state index in [1.807, 2.05) is 0 Å². The largest absolute Gasteiger partial charge is 0.493 e. The zero-order chi connectivity index (χ0) is 13.5. The Morgan fingerprint density at radius 1 is 1.39 bits per heavy atom. The molecule has 2 amide bonds. The highest BCUT2D eigenvalue weighted by molar-refractivity contribution is 5.83. The minimum atomic E-state index is -0.755. The number of ether oxygens (including phenoxy) is 2. The number of nitrogens with one attached hydrogen (secondary N) is 1. The van der Waals surface area contributed by atoms with Crippen molar-refractivity contribution < 1.29 is 19.1 Å². The number of hydrogen-bond acceptors (Lipinski definition) is 5. The summed E-state index contributed by atoms with van der Waals surface area (Å²) < 4.78 is 10.00. The summed E-state index contributed by atoms with van der Waals surface area (Å²) in [4.78, 5) is 21.3. The van der Waals surface area contributed by atoms with Crippen LogP contribution in [-0.2, 0) is 4.79 Å². The second-order valence-corrected chi connectivity index (χ2v) is 3.24. The van der Waals surface area contributed by atoms with Gasteiger partial charge in [0.05, 0.1) is 13.3 Å². The van der Waals surface area contributed by atoms with E-state index in [2.05, 4.69) is 10.5 Å². The van der Waals surface area contributed by atoms with Crippen molar-refractivity contribution in [3.05, 3.63) is 23.8 Å². The van der Waals surface area contributed by atoms with E-state index in [1.54, 1.807) is 18.2 Å². The Kier molecular flexibility index (Phi) is 4.67. The standard InChI is InChI=1S/C11H13N3O4/c1-7(15)18-9-4-3-8(5-10(9)17-2)6-13-14-11(12)16/h3-6H,1-2H3,(H3,12,14,16)/b13-6+. The van der Waals surface area contributed by atoms with Gasteiger partial charge in [-0.25, -0.2) is 10.2 Å². The molecule has 7 nitrogen and oxygen atoms in total. The Labute approximate surface area is 104 Å². The molecule has 0 saturated carbocycles. The van der Waals surface area contributed by atoms with Crippen LogP contribution in [0.25, 0.3) is 0 Å². The third kappa shape index (κ3) is 4.12. The minimum absolute atomic E-state index is 0.310. The fourth-order valence-corrected chi connectivity index (χ4v) is 1.17. The number of nitrogens with two attached hydrogens (primary N) is 1. The Morgan fingerprint density at radius 3 is 2.67 bits per heavy atom. The molecule has 1 rings (SSSR count). The number of rotatable bonds is 4. The molecule has 0 atom stereocenters. The molecule has 7 heteroatoms. The second-order valence-electron chi connectivity index (χ2n) is 3.24. The second kappa shape index (κ2) is 6.24. The summed E-state index contributed by atoms with van der Waals surface area (Å²) in [6.45, 7) is 1.30. The van der Waals surface area contributed by atoms with Crippen LogP contribution in [0.3, 0.4) is 0 Å². The van der Waals surface area contributed by atoms with Gasteiger partial charge in [-0.15, -0.1) is 0 Å². The number of nitrogens with zero attached hydrogens (tertiary/aromatic N) is 1. The zero-order valence-corrected chi connectivity index (χ0v) is 9.97. The first-order chi connectivity index (χ1) is 8.52. The number of urea groups is 1. The summed E-state index contributed by atoms with van der Waals surface area (Å²) in [5, 5.41) is 3.59. The molecule has 0 radical (unpaired) electrons. The summed E-state index contributed by atoms with van der Waals surface area (Å²) >= 11 is 0. The molecule has 96 valence electrons. The van der Waals surface area contributed by atoms with Gasteiger partial charge < -0.3 is 15.2 Å². The van der Waals surface area contributed by atoms with Crippen LogP contribution in [0.2, 0.25) is 0 Å². The van der Waals surface area contributed by atoms with E-state index in [0.717, 1.165) is 0 Å². The highest BCUT2D eigenvalue weighted by Crippen LogP contribution is 2.27. The lowest BCUT2D eigenvalue weighted by molar-refractivity contribution is -0.132. The monoisotopic (exact) mass is 251 g/mol. The number of benzene rings is 1. The van der Waals surface area contributed by atoms with Gasteiger partial charge in [0.1, 0.15) is 0 Å². The molecule has 0 heterocycles. The van der Waals surface area contributed by atoms with Crippen LogP contribution < -0.4 is 20.6 Å². The SMILES string of the molecule is COc1cc(/C=N/NC(N)=O)ccc1OC(C)=O. The predicted molar refractivity (Wildman–Crippen MR) is 64.6 cm³/mol. The molecule has 0 bridgehead atoms. The first-order valence-corrected chi connectivity index (χ1v) is 4.98. The van der Waals surface area contributed by atoms with Crippen LogP contribution in [0.5, 0.6) is 11.5 Å². The average molecular weight is 251 g/mol. The molecule has 0 saturated heterocycles. The molecule has 0 aliphatic rings. The number of carbonyl (C=O) groups excluding carboxylic acids is 2. The third-order valence-corrected chi connectivity index (χ3v) is 1.83. The third-order valence-electron chi connectivity index (χ3n) is 1.83. The molecule has 0 aromatic heterocycles. The van der Waals surface area contributed by atoms with E-state index in [4.69, 9.17) is 15.2 Å². The summed E-state index contributed by atoms with van der Waals surface area (Å²) in [5.41, 5.74) is 7.56. The minimum Gasteiger partial charge on any atom is -0.493 e. The summed E-state index contributed by atoms with van der Waals surface area (Å²) in [6, 6.07) is 4.05. The zero-order valence-electron chi connectivity index (χ0n) is 9.97. The van der Waals surface area contributed by atoms with Crippen LogP contribution in [-0.4, -0.2) is 25.3 Å². The Balaban J connectivity index is 2.87. The van der Waals surface area contributed by atoms with E-state index in [0.29, 0.717) is 17.1 Å². The van der Waals surface area contributed by atoms with Crippen LogP contribution >= 0.6 is 0 Å². The first kappa shape index (κ1) is 13.5. The van der Waals surface area contributed by atoms with Crippen molar-refractivity contribution in [2.24, 2.45) is 10.8 Å². The Hall–Kier alpha value is -2.57. The van der Waals surface area contributed by atoms with Gasteiger partial charge in [-0.05, 0) is 23.8 Å². The maximum atomic E-state index is 10.8. The highest BCUT2D eigenvalue weighted by Gasteiger charge is 2.07. The van der Waals surface area contributed by atoms with Crippen molar-refractivity contribution >= 4 is 18.2 Å². The molecule has 18 heavy (non-hydrogen) atoms. The van der Waals surface area contributed by atoms with E-state index >= 15 is 0 Å². The lowest BCUT2D eigenvalue weighted by Crippen LogP contribution is -2.24. The van der Waals surface area contributed by atoms with Gasteiger partial charge in [-0.1, -0.05) is 0 Å². The average Bonchev–Trinajstić information content (AvgIpc) is 2.29. The fraction of sp³-hybridized carbons (Fsp3) is 0.182. The van der Waals surface area contributed by atoms with Gasteiger partial charge in [0.15, 0.2) is 11.5 Å². The van der Waals surface area contributed by atoms with E-state index in [1.165, 1.54) is 20.2 Å². The van der Waals surface area contributed by atoms with E-state index in [9.17, 15) is 9.59 Å². The molecule has 1 aromatic rings. The van der Waals surface area contributed by atoms with Crippen molar-refractivity contribution in [3.8, 4) is 11.5 Å². The van der Waals surface area contributed by atoms with Gasteiger partial charge in [-0.2, -0.15) is 5.10 Å². The van der Waals surface area contributed by atoms with Crippen LogP contribution in [0, 0.1) is 0 Å². The maximum absolute atomic E-state index is 10.8. The van der Waals surface area contributed by atoms with Gasteiger partial charge in [0.2, 0.25) is 0 Å². The summed E-state index contributed by atoms with van der Waals surface area (Å²) in [6.07, 6.45) is 1.38. The predicted octanol–water partition coefficient (Wildman–Crippen LogP) is 0.623. The normalized spacial score (nSPS) is 10.1. The van der Waals surface area contributed by atoms with Gasteiger partial charge in [0, 0.05) is 6.92 Å². The van der Waals surface area contributed by atoms with Gasteiger partial charge in [0.25, 0.3) is 0 Å². The Bertz CT molecular complexity index is 485. The van der Waals surface area contributed by atoms with Crippen LogP contribution in [0.4, 0.5) is 4.79 Å². The molecule has 0 fully saturated rings. The van der Waals surface area contributed by atoms with Crippen molar-refractivity contribution in [2.75, 3.05) is 7.11 Å². The van der Waals surface area contributed by atoms with Crippen molar-refractivity contribution in [1.29, 1.82) is 0 Å². The number of primary amides is 1. The number of esters is 1. The maximum Gasteiger partial charge on any atom is 0.332 e. The summed E-state index contributed by atoms with van der Waals surface area (Å²) in [7, 11) is 1.45. The summed E-state index contributed by atoms with van der Waals surface area (Å²) in [5.74, 6) is 0.253. The van der Waals surface area contributed by atoms with Gasteiger partial charge in [-0.3, -0.25) is 4.79 Å². The highest BCUT2D eigenvalue weighted by atomic mass is 16.6. The topological polar surface area (TPSA) is 103 Å². The van der Waals surface area contributed by atoms with Gasteiger partial charge >= 0.3 is 12.0 Å². The van der Waals surface area contributed by atoms with E-state index in [-0.39, 0.29) is 0 Å². The molecule has 0 aliphatic heterocycles. The number of hydrazone groups is 1. The number of methoxy groups -OCH3 is 1. The lowest BCUT2D eigenvalue weighted by Gasteiger charge is -2.08. The molecule has 3 N–H and O–H groups in total. The van der Waals surface area contributed by atoms with Crippen LogP contribution in [0.15, 0.2) is 23.3 Å². The Morgan fingerprint density at radius 2 is 2.11 bits per heavy atom. The van der Waals surface area contributed by atoms with Crippen molar-refractivity contribution in [1.82, 2.24) is 5.43 Å². The molecule has 0 unspecified atom stereocenters. The van der Waals surface area contributed by atoms with Crippen LogP contribution in [0.1, 0.15) is 12.5 Å². The smallest absolute Gasteiger partial charge is 0.332 e. The lowest BCUT2D eigenvalue weighted by atomic mass is 10.2. The molecule has 0 spiro atoms. The van der Waals surface area contributed by atoms with Crippen molar-refractivity contribution in [2.45, 2.75) is 6.92 Å². The number of amides is 2.